The topological polar surface area (TPSA) is 63.3 Å². The van der Waals surface area contributed by atoms with Crippen LogP contribution in [-0.4, -0.2) is 16.2 Å². The van der Waals surface area contributed by atoms with Crippen LogP contribution in [0.3, 0.4) is 0 Å². The van der Waals surface area contributed by atoms with Gasteiger partial charge in [-0.25, -0.2) is 9.18 Å². The molecular formula is C10H4BrClFNO3. The van der Waals surface area contributed by atoms with Gasteiger partial charge in [-0.2, -0.15) is 0 Å². The largest absolute Gasteiger partial charge is 0.476 e. The maximum Gasteiger partial charge on any atom is 0.358 e. The summed E-state index contributed by atoms with van der Waals surface area (Å²) in [5.41, 5.74) is -0.0215. The number of rotatable bonds is 2. The van der Waals surface area contributed by atoms with Gasteiger partial charge in [-0.1, -0.05) is 16.8 Å². The smallest absolute Gasteiger partial charge is 0.358 e. The van der Waals surface area contributed by atoms with E-state index in [-0.39, 0.29) is 26.5 Å². The van der Waals surface area contributed by atoms with Gasteiger partial charge in [-0.3, -0.25) is 0 Å². The zero-order valence-electron chi connectivity index (χ0n) is 8.08. The fourth-order valence-electron chi connectivity index (χ4n) is 1.22. The molecule has 0 bridgehead atoms. The van der Waals surface area contributed by atoms with Crippen LogP contribution in [0.5, 0.6) is 0 Å². The second kappa shape index (κ2) is 4.46. The molecule has 0 saturated carbocycles. The van der Waals surface area contributed by atoms with Gasteiger partial charge < -0.3 is 9.63 Å². The van der Waals surface area contributed by atoms with Crippen molar-refractivity contribution >= 4 is 33.5 Å². The molecule has 0 spiro atoms. The molecule has 0 aliphatic heterocycles. The Hall–Kier alpha value is -1.40. The van der Waals surface area contributed by atoms with Crippen molar-refractivity contribution in [2.24, 2.45) is 0 Å². The number of halogens is 3. The van der Waals surface area contributed by atoms with E-state index < -0.39 is 11.8 Å². The lowest BCUT2D eigenvalue weighted by molar-refractivity contribution is 0.0686. The Morgan fingerprint density at radius 1 is 1.53 bits per heavy atom. The van der Waals surface area contributed by atoms with Gasteiger partial charge in [0.05, 0.1) is 9.50 Å². The lowest BCUT2D eigenvalue weighted by Crippen LogP contribution is -1.94. The van der Waals surface area contributed by atoms with Crippen LogP contribution in [0.15, 0.2) is 27.2 Å². The summed E-state index contributed by atoms with van der Waals surface area (Å²) in [5, 5.41) is 11.8. The zero-order chi connectivity index (χ0) is 12.6. The SMILES string of the molecule is O=C(O)c1cc(-c2ccc(Br)c(F)c2Cl)on1. The Morgan fingerprint density at radius 3 is 2.82 bits per heavy atom. The molecule has 0 radical (unpaired) electrons. The third-order valence-electron chi connectivity index (χ3n) is 2.03. The molecule has 7 heteroatoms. The zero-order valence-corrected chi connectivity index (χ0v) is 10.4. The van der Waals surface area contributed by atoms with Crippen molar-refractivity contribution < 1.29 is 18.8 Å². The molecule has 1 aromatic heterocycles. The highest BCUT2D eigenvalue weighted by atomic mass is 79.9. The summed E-state index contributed by atoms with van der Waals surface area (Å²) in [6, 6.07) is 4.12. The highest BCUT2D eigenvalue weighted by Gasteiger charge is 2.17. The van der Waals surface area contributed by atoms with Crippen molar-refractivity contribution in [1.82, 2.24) is 5.16 Å². The van der Waals surface area contributed by atoms with Crippen molar-refractivity contribution in [2.45, 2.75) is 0 Å². The van der Waals surface area contributed by atoms with Crippen LogP contribution >= 0.6 is 27.5 Å². The normalized spacial score (nSPS) is 10.5. The van der Waals surface area contributed by atoms with Gasteiger partial charge in [0.2, 0.25) is 0 Å². The predicted octanol–water partition coefficient (Wildman–Crippen LogP) is 3.59. The number of hydrogen-bond donors (Lipinski definition) is 1. The van der Waals surface area contributed by atoms with Crippen molar-refractivity contribution in [3.05, 3.63) is 39.2 Å². The van der Waals surface area contributed by atoms with E-state index in [9.17, 15) is 9.18 Å². The standard InChI is InChI=1S/C10H4BrClFNO3/c11-5-2-1-4(8(12)9(5)13)7-3-6(10(15)16)14-17-7/h1-3H,(H,15,16). The van der Waals surface area contributed by atoms with Crippen LogP contribution in [0.25, 0.3) is 11.3 Å². The molecule has 0 fully saturated rings. The highest BCUT2D eigenvalue weighted by molar-refractivity contribution is 9.10. The molecule has 1 aromatic carbocycles. The van der Waals surface area contributed by atoms with Crippen molar-refractivity contribution in [2.75, 3.05) is 0 Å². The molecule has 0 aliphatic rings. The van der Waals surface area contributed by atoms with E-state index in [4.69, 9.17) is 21.2 Å². The molecular weight excluding hydrogens is 316 g/mol. The minimum absolute atomic E-state index is 0.0961. The van der Waals surface area contributed by atoms with Crippen LogP contribution in [0.4, 0.5) is 4.39 Å². The Morgan fingerprint density at radius 2 is 2.24 bits per heavy atom. The third-order valence-corrected chi connectivity index (χ3v) is 3.01. The Kier molecular flexibility index (Phi) is 3.17. The fraction of sp³-hybridized carbons (Fsp3) is 0. The van der Waals surface area contributed by atoms with Crippen LogP contribution in [0, 0.1) is 5.82 Å². The molecule has 88 valence electrons. The monoisotopic (exact) mass is 319 g/mol. The van der Waals surface area contributed by atoms with Crippen LogP contribution in [0.2, 0.25) is 5.02 Å². The first-order valence-electron chi connectivity index (χ1n) is 4.34. The first kappa shape index (κ1) is 12.1. The first-order valence-corrected chi connectivity index (χ1v) is 5.51. The molecule has 0 atom stereocenters. The second-order valence-corrected chi connectivity index (χ2v) is 4.34. The van der Waals surface area contributed by atoms with Crippen LogP contribution in [0.1, 0.15) is 10.5 Å². The molecule has 1 N–H and O–H groups in total. The average Bonchev–Trinajstić information content (AvgIpc) is 2.75. The van der Waals surface area contributed by atoms with E-state index in [1.54, 1.807) is 0 Å². The molecule has 4 nitrogen and oxygen atoms in total. The number of carboxylic acids is 1. The minimum Gasteiger partial charge on any atom is -0.476 e. The Bertz CT molecular complexity index is 599. The van der Waals surface area contributed by atoms with Gasteiger partial charge in [-0.05, 0) is 28.1 Å². The summed E-state index contributed by atoms with van der Waals surface area (Å²) in [6.45, 7) is 0. The van der Waals surface area contributed by atoms with Gasteiger partial charge in [0, 0.05) is 11.6 Å². The number of hydrogen-bond acceptors (Lipinski definition) is 3. The fourth-order valence-corrected chi connectivity index (χ4v) is 1.92. The molecule has 1 heterocycles. The molecule has 2 rings (SSSR count). The third kappa shape index (κ3) is 2.18. The molecule has 0 aliphatic carbocycles. The number of aromatic carboxylic acids is 1. The quantitative estimate of drug-likeness (QED) is 0.859. The number of benzene rings is 1. The maximum atomic E-state index is 13.5. The first-order chi connectivity index (χ1) is 8.00. The summed E-state index contributed by atoms with van der Waals surface area (Å²) in [5.74, 6) is -1.77. The number of nitrogens with zero attached hydrogens (tertiary/aromatic N) is 1. The van der Waals surface area contributed by atoms with Crippen LogP contribution in [-0.2, 0) is 0 Å². The minimum atomic E-state index is -1.23. The van der Waals surface area contributed by atoms with Gasteiger partial charge >= 0.3 is 5.97 Å². The van der Waals surface area contributed by atoms with E-state index >= 15 is 0 Å². The summed E-state index contributed by atoms with van der Waals surface area (Å²) in [4.78, 5) is 10.6. The Balaban J connectivity index is 2.53. The van der Waals surface area contributed by atoms with Gasteiger partial charge in [0.25, 0.3) is 0 Å². The van der Waals surface area contributed by atoms with Gasteiger partial charge in [0.1, 0.15) is 0 Å². The van der Waals surface area contributed by atoms with E-state index in [2.05, 4.69) is 21.1 Å². The van der Waals surface area contributed by atoms with Crippen molar-refractivity contribution in [1.29, 1.82) is 0 Å². The molecule has 2 aromatic rings. The number of carbonyl (C=O) groups is 1. The molecule has 0 amide bonds. The summed E-state index contributed by atoms with van der Waals surface area (Å²) in [7, 11) is 0. The van der Waals surface area contributed by atoms with E-state index in [0.717, 1.165) is 0 Å². The summed E-state index contributed by atoms with van der Waals surface area (Å²) in [6.07, 6.45) is 0. The summed E-state index contributed by atoms with van der Waals surface area (Å²) < 4.78 is 18.5. The van der Waals surface area contributed by atoms with Crippen molar-refractivity contribution in [3.8, 4) is 11.3 Å². The number of carboxylic acid groups (broad SMARTS) is 1. The lowest BCUT2D eigenvalue weighted by Gasteiger charge is -2.02. The second-order valence-electron chi connectivity index (χ2n) is 3.10. The predicted molar refractivity (Wildman–Crippen MR) is 61.6 cm³/mol. The van der Waals surface area contributed by atoms with E-state index in [0.29, 0.717) is 0 Å². The van der Waals surface area contributed by atoms with E-state index in [1.807, 2.05) is 0 Å². The molecule has 0 unspecified atom stereocenters. The maximum absolute atomic E-state index is 13.5. The van der Waals surface area contributed by atoms with E-state index in [1.165, 1.54) is 18.2 Å². The average molecular weight is 321 g/mol. The molecule has 17 heavy (non-hydrogen) atoms. The van der Waals surface area contributed by atoms with Crippen LogP contribution < -0.4 is 0 Å². The number of aromatic nitrogens is 1. The molecule has 0 saturated heterocycles. The van der Waals surface area contributed by atoms with Crippen molar-refractivity contribution in [3.63, 3.8) is 0 Å². The van der Waals surface area contributed by atoms with Gasteiger partial charge in [-0.15, -0.1) is 0 Å². The Labute approximate surface area is 108 Å². The van der Waals surface area contributed by atoms with Gasteiger partial charge in [0.15, 0.2) is 17.3 Å². The lowest BCUT2D eigenvalue weighted by atomic mass is 10.1. The summed E-state index contributed by atoms with van der Waals surface area (Å²) >= 11 is 8.76. The highest BCUT2D eigenvalue weighted by Crippen LogP contribution is 2.33.